The molecule has 0 saturated heterocycles. The summed E-state index contributed by atoms with van der Waals surface area (Å²) in [6.45, 7) is 1.98. The van der Waals surface area contributed by atoms with Crippen LogP contribution in [0.15, 0.2) is 67.1 Å². The number of nitrogens with zero attached hydrogens (tertiary/aromatic N) is 6. The summed E-state index contributed by atoms with van der Waals surface area (Å²) in [5.41, 5.74) is 4.41. The number of anilines is 1. The summed E-state index contributed by atoms with van der Waals surface area (Å²) in [5, 5.41) is 18.3. The number of aromatic nitrogens is 6. The number of tetrazole rings is 1. The molecule has 0 aliphatic heterocycles. The van der Waals surface area contributed by atoms with Gasteiger partial charge in [-0.3, -0.25) is 4.79 Å². The SMILES string of the molecule is Cc1ccnn1-c1cccc(NC(=O)Cc2ccc(-n3cnnn3)cc2)c1. The van der Waals surface area contributed by atoms with E-state index in [0.29, 0.717) is 0 Å². The zero-order chi connectivity index (χ0) is 18.6. The molecule has 0 aliphatic rings. The minimum Gasteiger partial charge on any atom is -0.326 e. The van der Waals surface area contributed by atoms with Crippen molar-refractivity contribution in [2.45, 2.75) is 13.3 Å². The molecule has 4 rings (SSSR count). The second-order valence-corrected chi connectivity index (χ2v) is 6.08. The number of benzene rings is 2. The van der Waals surface area contributed by atoms with Crippen LogP contribution < -0.4 is 5.32 Å². The van der Waals surface area contributed by atoms with Crippen molar-refractivity contribution in [3.8, 4) is 11.4 Å². The van der Waals surface area contributed by atoms with Crippen molar-refractivity contribution >= 4 is 11.6 Å². The van der Waals surface area contributed by atoms with Crippen LogP contribution in [-0.4, -0.2) is 35.9 Å². The monoisotopic (exact) mass is 359 g/mol. The van der Waals surface area contributed by atoms with Gasteiger partial charge in [-0.1, -0.05) is 18.2 Å². The Morgan fingerprint density at radius 3 is 2.63 bits per heavy atom. The second-order valence-electron chi connectivity index (χ2n) is 6.08. The fraction of sp³-hybridized carbons (Fsp3) is 0.105. The zero-order valence-corrected chi connectivity index (χ0v) is 14.6. The first-order valence-electron chi connectivity index (χ1n) is 8.42. The maximum atomic E-state index is 12.4. The molecule has 1 N–H and O–H groups in total. The highest BCUT2D eigenvalue weighted by Crippen LogP contribution is 2.16. The van der Waals surface area contributed by atoms with Crippen LogP contribution in [-0.2, 0) is 11.2 Å². The van der Waals surface area contributed by atoms with Crippen LogP contribution in [0.2, 0.25) is 0 Å². The van der Waals surface area contributed by atoms with Gasteiger partial charge in [0.1, 0.15) is 6.33 Å². The van der Waals surface area contributed by atoms with Gasteiger partial charge < -0.3 is 5.32 Å². The number of carbonyl (C=O) groups excluding carboxylic acids is 1. The highest BCUT2D eigenvalue weighted by atomic mass is 16.1. The molecule has 0 aliphatic carbocycles. The lowest BCUT2D eigenvalue weighted by molar-refractivity contribution is -0.115. The number of hydrogen-bond donors (Lipinski definition) is 1. The van der Waals surface area contributed by atoms with E-state index in [9.17, 15) is 4.79 Å². The molecule has 0 unspecified atom stereocenters. The number of rotatable bonds is 5. The molecule has 2 aromatic heterocycles. The predicted molar refractivity (Wildman–Crippen MR) is 99.8 cm³/mol. The molecule has 1 amide bonds. The molecule has 8 heteroatoms. The van der Waals surface area contributed by atoms with E-state index in [1.54, 1.807) is 10.9 Å². The van der Waals surface area contributed by atoms with Gasteiger partial charge in [0.2, 0.25) is 5.91 Å². The average molecular weight is 359 g/mol. The highest BCUT2D eigenvalue weighted by Gasteiger charge is 2.07. The summed E-state index contributed by atoms with van der Waals surface area (Å²) in [6, 6.07) is 17.1. The lowest BCUT2D eigenvalue weighted by Crippen LogP contribution is -2.14. The third-order valence-corrected chi connectivity index (χ3v) is 4.12. The summed E-state index contributed by atoms with van der Waals surface area (Å²) in [7, 11) is 0. The largest absolute Gasteiger partial charge is 0.326 e. The van der Waals surface area contributed by atoms with Crippen LogP contribution >= 0.6 is 0 Å². The van der Waals surface area contributed by atoms with E-state index in [4.69, 9.17) is 0 Å². The third kappa shape index (κ3) is 3.74. The van der Waals surface area contributed by atoms with Crippen LogP contribution in [0, 0.1) is 6.92 Å². The number of amides is 1. The molecule has 0 radical (unpaired) electrons. The van der Waals surface area contributed by atoms with Gasteiger partial charge in [-0.15, -0.1) is 5.10 Å². The van der Waals surface area contributed by atoms with Gasteiger partial charge in [0.05, 0.1) is 17.8 Å². The molecule has 8 nitrogen and oxygen atoms in total. The number of nitrogens with one attached hydrogen (secondary N) is 1. The molecular formula is C19H17N7O. The van der Waals surface area contributed by atoms with Crippen LogP contribution in [0.3, 0.4) is 0 Å². The third-order valence-electron chi connectivity index (χ3n) is 4.12. The molecule has 0 spiro atoms. The fourth-order valence-corrected chi connectivity index (χ4v) is 2.79. The molecule has 0 saturated carbocycles. The number of aryl methyl sites for hydroxylation is 1. The average Bonchev–Trinajstić information content (AvgIpc) is 3.34. The van der Waals surface area contributed by atoms with E-state index in [0.717, 1.165) is 28.3 Å². The lowest BCUT2D eigenvalue weighted by Gasteiger charge is -2.09. The Morgan fingerprint density at radius 2 is 1.93 bits per heavy atom. The van der Waals surface area contributed by atoms with Gasteiger partial charge >= 0.3 is 0 Å². The van der Waals surface area contributed by atoms with E-state index in [1.807, 2.05) is 66.2 Å². The smallest absolute Gasteiger partial charge is 0.228 e. The van der Waals surface area contributed by atoms with Crippen molar-refractivity contribution in [2.24, 2.45) is 0 Å². The van der Waals surface area contributed by atoms with Crippen molar-refractivity contribution in [1.29, 1.82) is 0 Å². The summed E-state index contributed by atoms with van der Waals surface area (Å²) in [5.74, 6) is -0.0838. The maximum Gasteiger partial charge on any atom is 0.228 e. The van der Waals surface area contributed by atoms with Crippen molar-refractivity contribution in [1.82, 2.24) is 30.0 Å². The van der Waals surface area contributed by atoms with Crippen LogP contribution in [0.5, 0.6) is 0 Å². The quantitative estimate of drug-likeness (QED) is 0.591. The van der Waals surface area contributed by atoms with Gasteiger partial charge in [-0.2, -0.15) is 5.10 Å². The van der Waals surface area contributed by atoms with Crippen molar-refractivity contribution < 1.29 is 4.79 Å². The first-order valence-corrected chi connectivity index (χ1v) is 8.42. The standard InChI is InChI=1S/C19H17N7O/c1-14-9-10-21-26(14)18-4-2-3-16(12-18)22-19(27)11-15-5-7-17(8-6-15)25-13-20-23-24-25/h2-10,12-13H,11H2,1H3,(H,22,27). The molecule has 2 aromatic carbocycles. The zero-order valence-electron chi connectivity index (χ0n) is 14.6. The second kappa shape index (κ2) is 7.20. The van der Waals surface area contributed by atoms with E-state index >= 15 is 0 Å². The van der Waals surface area contributed by atoms with E-state index in [2.05, 4.69) is 25.9 Å². The van der Waals surface area contributed by atoms with Crippen LogP contribution in [0.4, 0.5) is 5.69 Å². The molecule has 0 bridgehead atoms. The molecular weight excluding hydrogens is 342 g/mol. The van der Waals surface area contributed by atoms with Gasteiger partial charge in [-0.05, 0) is 59.3 Å². The Balaban J connectivity index is 1.43. The Labute approximate surface area is 155 Å². The van der Waals surface area contributed by atoms with Crippen LogP contribution in [0.1, 0.15) is 11.3 Å². The summed E-state index contributed by atoms with van der Waals surface area (Å²) in [4.78, 5) is 12.4. The first-order chi connectivity index (χ1) is 13.2. The first kappa shape index (κ1) is 16.6. The predicted octanol–water partition coefficient (Wildman–Crippen LogP) is 2.34. The summed E-state index contributed by atoms with van der Waals surface area (Å²) < 4.78 is 3.39. The minimum absolute atomic E-state index is 0.0838. The molecule has 2 heterocycles. The van der Waals surface area contributed by atoms with Gasteiger partial charge in [0, 0.05) is 17.6 Å². The molecule has 0 fully saturated rings. The topological polar surface area (TPSA) is 90.5 Å². The summed E-state index contributed by atoms with van der Waals surface area (Å²) in [6.07, 6.45) is 3.55. The summed E-state index contributed by atoms with van der Waals surface area (Å²) >= 11 is 0. The Kier molecular flexibility index (Phi) is 4.44. The molecule has 0 atom stereocenters. The molecule has 134 valence electrons. The van der Waals surface area contributed by atoms with Crippen molar-refractivity contribution in [3.63, 3.8) is 0 Å². The number of hydrogen-bond acceptors (Lipinski definition) is 5. The van der Waals surface area contributed by atoms with Gasteiger partial charge in [0.25, 0.3) is 0 Å². The van der Waals surface area contributed by atoms with E-state index in [-0.39, 0.29) is 12.3 Å². The van der Waals surface area contributed by atoms with E-state index < -0.39 is 0 Å². The van der Waals surface area contributed by atoms with Crippen molar-refractivity contribution in [2.75, 3.05) is 5.32 Å². The lowest BCUT2D eigenvalue weighted by atomic mass is 10.1. The van der Waals surface area contributed by atoms with Gasteiger partial charge in [-0.25, -0.2) is 9.36 Å². The normalized spacial score (nSPS) is 10.7. The Hall–Kier alpha value is -3.81. The maximum absolute atomic E-state index is 12.4. The van der Waals surface area contributed by atoms with E-state index in [1.165, 1.54) is 6.33 Å². The van der Waals surface area contributed by atoms with Gasteiger partial charge in [0.15, 0.2) is 0 Å². The molecule has 4 aromatic rings. The minimum atomic E-state index is -0.0838. The number of carbonyl (C=O) groups is 1. The van der Waals surface area contributed by atoms with Crippen LogP contribution in [0.25, 0.3) is 11.4 Å². The fourth-order valence-electron chi connectivity index (χ4n) is 2.79. The Bertz CT molecular complexity index is 1050. The highest BCUT2D eigenvalue weighted by molar-refractivity contribution is 5.92. The van der Waals surface area contributed by atoms with Crippen molar-refractivity contribution in [3.05, 3.63) is 78.4 Å². The Morgan fingerprint density at radius 1 is 1.07 bits per heavy atom. The molecule has 27 heavy (non-hydrogen) atoms.